The van der Waals surface area contributed by atoms with Crippen LogP contribution in [0.4, 0.5) is 0 Å². The number of aryl methyl sites for hydroxylation is 2. The van der Waals surface area contributed by atoms with Gasteiger partial charge >= 0.3 is 0 Å². The molecule has 0 saturated carbocycles. The molecule has 0 aromatic carbocycles. The fraction of sp³-hybridized carbons (Fsp3) is 0.444. The molecule has 4 rings (SSSR count). The molecule has 3 aromatic heterocycles. The average molecular weight is 354 g/mol. The third-order valence-corrected chi connectivity index (χ3v) is 4.99. The van der Waals surface area contributed by atoms with Crippen LogP contribution in [0.25, 0.3) is 5.65 Å². The van der Waals surface area contributed by atoms with E-state index >= 15 is 0 Å². The Morgan fingerprint density at radius 2 is 2.27 bits per heavy atom. The van der Waals surface area contributed by atoms with Crippen LogP contribution in [-0.4, -0.2) is 47.8 Å². The molecule has 0 spiro atoms. The van der Waals surface area contributed by atoms with Gasteiger partial charge in [-0.2, -0.15) is 5.10 Å². The smallest absolute Gasteiger partial charge is 0.285 e. The minimum Gasteiger partial charge on any atom is -0.335 e. The highest BCUT2D eigenvalue weighted by molar-refractivity contribution is 5.94. The Kier molecular flexibility index (Phi) is 4.32. The standard InChI is InChI=1S/C18H22N6O2/c1-13-11-16-19-12-15(18(26)24(16)21-13)17(25)23-9-3-2-5-14(23)6-10-22-8-4-7-20-22/h4,7-8,11-12,14,21H,2-3,5-6,9-10H2,1H3. The van der Waals surface area contributed by atoms with Gasteiger partial charge in [0, 0.05) is 49.5 Å². The van der Waals surface area contributed by atoms with Gasteiger partial charge in [0.15, 0.2) is 5.65 Å². The maximum atomic E-state index is 13.1. The highest BCUT2D eigenvalue weighted by atomic mass is 16.2. The lowest BCUT2D eigenvalue weighted by Gasteiger charge is -2.35. The maximum Gasteiger partial charge on any atom is 0.285 e. The van der Waals surface area contributed by atoms with Crippen molar-refractivity contribution in [1.29, 1.82) is 0 Å². The molecule has 1 unspecified atom stereocenters. The minimum atomic E-state index is -0.343. The largest absolute Gasteiger partial charge is 0.335 e. The van der Waals surface area contributed by atoms with Crippen molar-refractivity contribution in [2.45, 2.75) is 45.2 Å². The zero-order chi connectivity index (χ0) is 18.1. The summed E-state index contributed by atoms with van der Waals surface area (Å²) in [7, 11) is 0. The van der Waals surface area contributed by atoms with Crippen LogP contribution < -0.4 is 5.56 Å². The molecule has 3 aromatic rings. The van der Waals surface area contributed by atoms with Crippen molar-refractivity contribution in [3.05, 3.63) is 52.3 Å². The Morgan fingerprint density at radius 1 is 1.38 bits per heavy atom. The van der Waals surface area contributed by atoms with Gasteiger partial charge in [0.1, 0.15) is 5.56 Å². The second-order valence-corrected chi connectivity index (χ2v) is 6.82. The van der Waals surface area contributed by atoms with Gasteiger partial charge in [-0.25, -0.2) is 9.50 Å². The molecule has 4 heterocycles. The lowest BCUT2D eigenvalue weighted by atomic mass is 9.98. The molecule has 26 heavy (non-hydrogen) atoms. The summed E-state index contributed by atoms with van der Waals surface area (Å²) in [6.45, 7) is 3.29. The fourth-order valence-electron chi connectivity index (χ4n) is 3.66. The number of aromatic amines is 1. The molecule has 136 valence electrons. The molecule has 0 bridgehead atoms. The van der Waals surface area contributed by atoms with Gasteiger partial charge < -0.3 is 4.90 Å². The number of aromatic nitrogens is 5. The van der Waals surface area contributed by atoms with Crippen LogP contribution in [-0.2, 0) is 6.54 Å². The molecule has 1 atom stereocenters. The van der Waals surface area contributed by atoms with Gasteiger partial charge in [-0.05, 0) is 38.7 Å². The van der Waals surface area contributed by atoms with E-state index in [-0.39, 0.29) is 23.1 Å². The Labute approximate surface area is 150 Å². The monoisotopic (exact) mass is 354 g/mol. The first kappa shape index (κ1) is 16.6. The summed E-state index contributed by atoms with van der Waals surface area (Å²) in [6.07, 6.45) is 8.92. The summed E-state index contributed by atoms with van der Waals surface area (Å²) < 4.78 is 3.21. The molecule has 1 fully saturated rings. The first-order valence-corrected chi connectivity index (χ1v) is 8.99. The first-order valence-electron chi connectivity index (χ1n) is 8.99. The summed E-state index contributed by atoms with van der Waals surface area (Å²) in [5.74, 6) is -0.227. The van der Waals surface area contributed by atoms with Crippen LogP contribution in [0.3, 0.4) is 0 Å². The number of nitrogens with one attached hydrogen (secondary N) is 1. The number of likely N-dealkylation sites (tertiary alicyclic amines) is 1. The third-order valence-electron chi connectivity index (χ3n) is 4.99. The van der Waals surface area contributed by atoms with Gasteiger partial charge in [0.05, 0.1) is 0 Å². The normalized spacial score (nSPS) is 17.7. The van der Waals surface area contributed by atoms with Crippen LogP contribution in [0.15, 0.2) is 35.5 Å². The number of hydrogen-bond donors (Lipinski definition) is 1. The number of carbonyl (C=O) groups excluding carboxylic acids is 1. The summed E-state index contributed by atoms with van der Waals surface area (Å²) in [5, 5.41) is 7.16. The predicted octanol–water partition coefficient (Wildman–Crippen LogP) is 1.61. The van der Waals surface area contributed by atoms with Crippen molar-refractivity contribution in [2.75, 3.05) is 6.54 Å². The Hall–Kier alpha value is -2.90. The van der Waals surface area contributed by atoms with E-state index in [4.69, 9.17) is 0 Å². The topological polar surface area (TPSA) is 88.3 Å². The summed E-state index contributed by atoms with van der Waals surface area (Å²) in [5.41, 5.74) is 1.13. The molecule has 1 N–H and O–H groups in total. The van der Waals surface area contributed by atoms with Gasteiger partial charge in [-0.3, -0.25) is 19.4 Å². The number of fused-ring (bicyclic) bond motifs is 1. The van der Waals surface area contributed by atoms with Gasteiger partial charge in [-0.15, -0.1) is 0 Å². The molecule has 1 saturated heterocycles. The fourth-order valence-corrected chi connectivity index (χ4v) is 3.66. The molecule has 8 heteroatoms. The Morgan fingerprint density at radius 3 is 3.08 bits per heavy atom. The zero-order valence-corrected chi connectivity index (χ0v) is 14.8. The third kappa shape index (κ3) is 3.02. The Balaban J connectivity index is 1.58. The van der Waals surface area contributed by atoms with Crippen molar-refractivity contribution in [3.63, 3.8) is 0 Å². The van der Waals surface area contributed by atoms with E-state index in [1.807, 2.05) is 28.8 Å². The highest BCUT2D eigenvalue weighted by Crippen LogP contribution is 2.22. The van der Waals surface area contributed by atoms with E-state index in [0.29, 0.717) is 12.2 Å². The maximum absolute atomic E-state index is 13.1. The average Bonchev–Trinajstić information content (AvgIpc) is 3.29. The van der Waals surface area contributed by atoms with Crippen molar-refractivity contribution < 1.29 is 4.79 Å². The van der Waals surface area contributed by atoms with E-state index in [1.54, 1.807) is 12.3 Å². The minimum absolute atomic E-state index is 0.117. The van der Waals surface area contributed by atoms with E-state index in [0.717, 1.165) is 37.9 Å². The van der Waals surface area contributed by atoms with Crippen LogP contribution in [0.5, 0.6) is 0 Å². The Bertz CT molecular complexity index is 971. The van der Waals surface area contributed by atoms with Crippen LogP contribution in [0.2, 0.25) is 0 Å². The second-order valence-electron chi connectivity index (χ2n) is 6.82. The molecule has 0 radical (unpaired) electrons. The number of H-pyrrole nitrogens is 1. The second kappa shape index (κ2) is 6.78. The predicted molar refractivity (Wildman–Crippen MR) is 96.1 cm³/mol. The first-order chi connectivity index (χ1) is 12.6. The van der Waals surface area contributed by atoms with Crippen LogP contribution in [0, 0.1) is 6.92 Å². The number of rotatable bonds is 4. The molecule has 1 amide bonds. The van der Waals surface area contributed by atoms with Gasteiger partial charge in [0.25, 0.3) is 11.5 Å². The van der Waals surface area contributed by atoms with Crippen molar-refractivity contribution in [1.82, 2.24) is 29.3 Å². The van der Waals surface area contributed by atoms with E-state index in [1.165, 1.54) is 10.7 Å². The quantitative estimate of drug-likeness (QED) is 0.771. The number of nitrogens with zero attached hydrogens (tertiary/aromatic N) is 5. The van der Waals surface area contributed by atoms with Crippen molar-refractivity contribution in [3.8, 4) is 0 Å². The number of piperidine rings is 1. The number of hydrogen-bond acceptors (Lipinski definition) is 4. The molecule has 1 aliphatic heterocycles. The zero-order valence-electron chi connectivity index (χ0n) is 14.8. The number of carbonyl (C=O) groups is 1. The molecule has 1 aliphatic rings. The number of amides is 1. The van der Waals surface area contributed by atoms with Crippen molar-refractivity contribution in [2.24, 2.45) is 0 Å². The van der Waals surface area contributed by atoms with E-state index in [9.17, 15) is 9.59 Å². The molecule has 0 aliphatic carbocycles. The van der Waals surface area contributed by atoms with E-state index in [2.05, 4.69) is 15.2 Å². The molecular weight excluding hydrogens is 332 g/mol. The lowest BCUT2D eigenvalue weighted by molar-refractivity contribution is 0.0591. The summed E-state index contributed by atoms with van der Waals surface area (Å²) in [6, 6.07) is 3.79. The summed E-state index contributed by atoms with van der Waals surface area (Å²) in [4.78, 5) is 31.9. The van der Waals surface area contributed by atoms with E-state index < -0.39 is 0 Å². The van der Waals surface area contributed by atoms with Crippen molar-refractivity contribution >= 4 is 11.6 Å². The van der Waals surface area contributed by atoms with Crippen LogP contribution in [0.1, 0.15) is 41.7 Å². The lowest BCUT2D eigenvalue weighted by Crippen LogP contribution is -2.46. The SMILES string of the molecule is Cc1cc2ncc(C(=O)N3CCCCC3CCn3cccn3)c(=O)n2[nH]1. The highest BCUT2D eigenvalue weighted by Gasteiger charge is 2.29. The van der Waals surface area contributed by atoms with Crippen LogP contribution >= 0.6 is 0 Å². The van der Waals surface area contributed by atoms with Gasteiger partial charge in [0.2, 0.25) is 0 Å². The molecule has 8 nitrogen and oxygen atoms in total. The molecular formula is C18H22N6O2. The summed E-state index contributed by atoms with van der Waals surface area (Å²) >= 11 is 0. The van der Waals surface area contributed by atoms with Gasteiger partial charge in [-0.1, -0.05) is 0 Å².